The average molecular weight is 292 g/mol. The Kier molecular flexibility index (Phi) is 2.54. The maximum absolute atomic E-state index is 11.6. The number of halogens is 1. The zero-order valence-electron chi connectivity index (χ0n) is 6.92. The first-order valence-corrected chi connectivity index (χ1v) is 5.14. The molecule has 4 nitrogen and oxygen atoms in total. The fourth-order valence-corrected chi connectivity index (χ4v) is 1.70. The largest absolute Gasteiger partial charge is 0.356 e. The van der Waals surface area contributed by atoms with E-state index in [0.29, 0.717) is 18.8 Å². The van der Waals surface area contributed by atoms with Gasteiger partial charge in [0.05, 0.1) is 13.2 Å². The van der Waals surface area contributed by atoms with Crippen molar-refractivity contribution in [1.29, 1.82) is 0 Å². The number of aromatic nitrogens is 1. The molecule has 1 N–H and O–H groups in total. The van der Waals surface area contributed by atoms with Crippen molar-refractivity contribution in [3.8, 4) is 0 Å². The quantitative estimate of drug-likeness (QED) is 0.795. The summed E-state index contributed by atoms with van der Waals surface area (Å²) in [6.45, 7) is 1.33. The van der Waals surface area contributed by atoms with Gasteiger partial charge in [0.1, 0.15) is 5.69 Å². The molecular weight excluding hydrogens is 283 g/mol. The van der Waals surface area contributed by atoms with Gasteiger partial charge >= 0.3 is 0 Å². The van der Waals surface area contributed by atoms with Gasteiger partial charge in [-0.2, -0.15) is 0 Å². The third kappa shape index (κ3) is 1.86. The molecule has 0 aromatic carbocycles. The smallest absolute Gasteiger partial charge is 0.293 e. The SMILES string of the molecule is O=C(c1cc(I)c[nH]1)N1CCCO1. The number of carbonyl (C=O) groups is 1. The molecule has 0 bridgehead atoms. The van der Waals surface area contributed by atoms with Crippen LogP contribution in [0.25, 0.3) is 0 Å². The maximum Gasteiger partial charge on any atom is 0.293 e. The summed E-state index contributed by atoms with van der Waals surface area (Å²) in [5.74, 6) is -0.0829. The molecule has 0 saturated carbocycles. The molecular formula is C8H9IN2O2. The number of nitrogens with one attached hydrogen (secondary N) is 1. The number of carbonyl (C=O) groups excluding carboxylic acids is 1. The van der Waals surface area contributed by atoms with Crippen LogP contribution in [0.2, 0.25) is 0 Å². The van der Waals surface area contributed by atoms with Crippen LogP contribution in [0.15, 0.2) is 12.3 Å². The van der Waals surface area contributed by atoms with E-state index in [-0.39, 0.29) is 5.91 Å². The van der Waals surface area contributed by atoms with Crippen LogP contribution in [0, 0.1) is 3.57 Å². The topological polar surface area (TPSA) is 45.3 Å². The molecule has 0 spiro atoms. The second kappa shape index (κ2) is 3.67. The fraction of sp³-hybridized carbons (Fsp3) is 0.375. The van der Waals surface area contributed by atoms with Gasteiger partial charge in [-0.1, -0.05) is 0 Å². The van der Waals surface area contributed by atoms with E-state index >= 15 is 0 Å². The lowest BCUT2D eigenvalue weighted by atomic mass is 10.4. The lowest BCUT2D eigenvalue weighted by molar-refractivity contribution is -0.0771. The number of aromatic amines is 1. The van der Waals surface area contributed by atoms with Crippen LogP contribution in [-0.2, 0) is 4.84 Å². The standard InChI is InChI=1S/C8H9IN2O2/c9-6-4-7(10-5-6)8(12)11-2-1-3-13-11/h4-5,10H,1-3H2. The van der Waals surface area contributed by atoms with Crippen LogP contribution < -0.4 is 0 Å². The third-order valence-corrected chi connectivity index (χ3v) is 2.48. The van der Waals surface area contributed by atoms with Gasteiger partial charge in [0.2, 0.25) is 0 Å². The number of hydroxylamine groups is 2. The summed E-state index contributed by atoms with van der Waals surface area (Å²) in [7, 11) is 0. The van der Waals surface area contributed by atoms with E-state index in [1.54, 1.807) is 6.20 Å². The van der Waals surface area contributed by atoms with Gasteiger partial charge in [0.25, 0.3) is 5.91 Å². The van der Waals surface area contributed by atoms with Crippen LogP contribution >= 0.6 is 22.6 Å². The van der Waals surface area contributed by atoms with Gasteiger partial charge in [0.15, 0.2) is 0 Å². The van der Waals surface area contributed by atoms with Crippen molar-refractivity contribution in [2.75, 3.05) is 13.2 Å². The molecule has 1 fully saturated rings. The van der Waals surface area contributed by atoms with Crippen LogP contribution in [0.1, 0.15) is 16.9 Å². The van der Waals surface area contributed by atoms with E-state index in [1.807, 2.05) is 6.07 Å². The van der Waals surface area contributed by atoms with Crippen molar-refractivity contribution in [2.45, 2.75) is 6.42 Å². The van der Waals surface area contributed by atoms with E-state index in [4.69, 9.17) is 4.84 Å². The highest BCUT2D eigenvalue weighted by Crippen LogP contribution is 2.12. The predicted molar refractivity (Wildman–Crippen MR) is 55.1 cm³/mol. The number of nitrogens with zero attached hydrogens (tertiary/aromatic N) is 1. The molecule has 1 saturated heterocycles. The minimum atomic E-state index is -0.0829. The first kappa shape index (κ1) is 9.01. The van der Waals surface area contributed by atoms with Crippen molar-refractivity contribution in [3.05, 3.63) is 21.5 Å². The van der Waals surface area contributed by atoms with Crippen molar-refractivity contribution in [2.24, 2.45) is 0 Å². The Morgan fingerprint density at radius 2 is 2.54 bits per heavy atom. The molecule has 5 heteroatoms. The monoisotopic (exact) mass is 292 g/mol. The summed E-state index contributed by atoms with van der Waals surface area (Å²) >= 11 is 2.15. The van der Waals surface area contributed by atoms with Crippen molar-refractivity contribution in [1.82, 2.24) is 10.0 Å². The zero-order valence-corrected chi connectivity index (χ0v) is 9.08. The van der Waals surface area contributed by atoms with E-state index in [9.17, 15) is 4.79 Å². The minimum absolute atomic E-state index is 0.0829. The molecule has 0 atom stereocenters. The fourth-order valence-electron chi connectivity index (χ4n) is 1.23. The van der Waals surface area contributed by atoms with E-state index in [1.165, 1.54) is 5.06 Å². The second-order valence-corrected chi connectivity index (χ2v) is 4.07. The normalized spacial score (nSPS) is 16.5. The van der Waals surface area contributed by atoms with E-state index in [2.05, 4.69) is 27.6 Å². The first-order chi connectivity index (χ1) is 6.27. The highest BCUT2D eigenvalue weighted by molar-refractivity contribution is 14.1. The number of amides is 1. The number of H-pyrrole nitrogens is 1. The lowest BCUT2D eigenvalue weighted by Crippen LogP contribution is -2.26. The molecule has 0 unspecified atom stereocenters. The summed E-state index contributed by atoms with van der Waals surface area (Å²) in [5, 5.41) is 1.40. The Morgan fingerprint density at radius 1 is 1.69 bits per heavy atom. The van der Waals surface area contributed by atoms with Crippen LogP contribution in [0.5, 0.6) is 0 Å². The van der Waals surface area contributed by atoms with Gasteiger partial charge in [-0.15, -0.1) is 0 Å². The molecule has 1 aromatic heterocycles. The van der Waals surface area contributed by atoms with E-state index in [0.717, 1.165) is 9.99 Å². The zero-order chi connectivity index (χ0) is 9.26. The van der Waals surface area contributed by atoms with Crippen LogP contribution in [0.3, 0.4) is 0 Å². The molecule has 2 rings (SSSR count). The van der Waals surface area contributed by atoms with Crippen molar-refractivity contribution in [3.63, 3.8) is 0 Å². The number of hydrogen-bond donors (Lipinski definition) is 1. The Bertz CT molecular complexity index is 318. The van der Waals surface area contributed by atoms with Gasteiger partial charge in [-0.3, -0.25) is 9.63 Å². The van der Waals surface area contributed by atoms with Gasteiger partial charge < -0.3 is 4.98 Å². The van der Waals surface area contributed by atoms with Crippen LogP contribution in [-0.4, -0.2) is 29.1 Å². The lowest BCUT2D eigenvalue weighted by Gasteiger charge is -2.11. The molecule has 70 valence electrons. The first-order valence-electron chi connectivity index (χ1n) is 4.06. The summed E-state index contributed by atoms with van der Waals surface area (Å²) in [5.41, 5.74) is 0.589. The second-order valence-electron chi connectivity index (χ2n) is 2.83. The number of hydrogen-bond acceptors (Lipinski definition) is 2. The van der Waals surface area contributed by atoms with Gasteiger partial charge in [-0.25, -0.2) is 5.06 Å². The Morgan fingerprint density at radius 3 is 3.08 bits per heavy atom. The third-order valence-electron chi connectivity index (χ3n) is 1.86. The van der Waals surface area contributed by atoms with Crippen molar-refractivity contribution >= 4 is 28.5 Å². The van der Waals surface area contributed by atoms with Gasteiger partial charge in [-0.05, 0) is 35.1 Å². The summed E-state index contributed by atoms with van der Waals surface area (Å²) in [6.07, 6.45) is 2.72. The Hall–Kier alpha value is -0.560. The molecule has 0 aliphatic carbocycles. The molecule has 2 heterocycles. The Labute approximate surface area is 89.3 Å². The molecule has 1 aromatic rings. The summed E-state index contributed by atoms with van der Waals surface area (Å²) in [6, 6.07) is 1.81. The summed E-state index contributed by atoms with van der Waals surface area (Å²) in [4.78, 5) is 19.7. The highest BCUT2D eigenvalue weighted by Gasteiger charge is 2.21. The molecule has 13 heavy (non-hydrogen) atoms. The molecule has 1 aliphatic rings. The highest BCUT2D eigenvalue weighted by atomic mass is 127. The Balaban J connectivity index is 2.12. The predicted octanol–water partition coefficient (Wildman–Crippen LogP) is 1.40. The molecule has 1 aliphatic heterocycles. The van der Waals surface area contributed by atoms with Gasteiger partial charge in [0, 0.05) is 9.77 Å². The minimum Gasteiger partial charge on any atom is -0.356 e. The maximum atomic E-state index is 11.6. The summed E-state index contributed by atoms with van der Waals surface area (Å²) < 4.78 is 1.03. The van der Waals surface area contributed by atoms with Crippen molar-refractivity contribution < 1.29 is 9.63 Å². The van der Waals surface area contributed by atoms with E-state index < -0.39 is 0 Å². The average Bonchev–Trinajstić information content (AvgIpc) is 2.72. The molecule has 0 radical (unpaired) electrons. The number of rotatable bonds is 1. The molecule has 1 amide bonds. The van der Waals surface area contributed by atoms with Crippen LogP contribution in [0.4, 0.5) is 0 Å².